The zero-order valence-electron chi connectivity index (χ0n) is 13.4. The van der Waals surface area contributed by atoms with Crippen LogP contribution >= 0.6 is 0 Å². The molecule has 1 aromatic heterocycles. The molecule has 1 amide bonds. The van der Waals surface area contributed by atoms with Gasteiger partial charge in [-0.3, -0.25) is 4.79 Å². The summed E-state index contributed by atoms with van der Waals surface area (Å²) in [6.45, 7) is 7.75. The number of aryl methyl sites for hydroxylation is 1. The van der Waals surface area contributed by atoms with Crippen molar-refractivity contribution in [1.29, 1.82) is 0 Å². The fourth-order valence-corrected chi connectivity index (χ4v) is 3.01. The molecule has 1 aliphatic heterocycles. The summed E-state index contributed by atoms with van der Waals surface area (Å²) in [5.41, 5.74) is 6.63. The second-order valence-corrected chi connectivity index (χ2v) is 6.82. The lowest BCUT2D eigenvalue weighted by molar-refractivity contribution is -0.133. The second-order valence-electron chi connectivity index (χ2n) is 6.82. The quantitative estimate of drug-likeness (QED) is 0.875. The van der Waals surface area contributed by atoms with Crippen LogP contribution in [0.1, 0.15) is 63.4 Å². The molecule has 0 aliphatic carbocycles. The summed E-state index contributed by atoms with van der Waals surface area (Å²) in [4.78, 5) is 14.5. The van der Waals surface area contributed by atoms with Crippen LogP contribution < -0.4 is 5.73 Å². The molecule has 0 aromatic carbocycles. The Morgan fingerprint density at radius 2 is 2.29 bits per heavy atom. The maximum atomic E-state index is 12.5. The number of likely N-dealkylation sites (tertiary alicyclic amines) is 1. The molecular formula is C16H27N3O2. The highest BCUT2D eigenvalue weighted by Gasteiger charge is 2.33. The van der Waals surface area contributed by atoms with Gasteiger partial charge < -0.3 is 15.2 Å². The molecule has 1 unspecified atom stereocenters. The zero-order valence-corrected chi connectivity index (χ0v) is 13.4. The minimum absolute atomic E-state index is 0.0660. The molecule has 2 rings (SSSR count). The van der Waals surface area contributed by atoms with E-state index in [1.807, 2.05) is 17.9 Å². The molecule has 0 spiro atoms. The van der Waals surface area contributed by atoms with Crippen LogP contribution in [-0.2, 0) is 4.79 Å². The molecule has 1 aromatic rings. The van der Waals surface area contributed by atoms with Crippen LogP contribution in [0.4, 0.5) is 0 Å². The SMILES string of the molecule is Cc1cc(C2CCCN2C(=O)CCC(C)(C)CCN)on1. The summed E-state index contributed by atoms with van der Waals surface area (Å²) in [7, 11) is 0. The van der Waals surface area contributed by atoms with E-state index < -0.39 is 0 Å². The molecule has 0 radical (unpaired) electrons. The Morgan fingerprint density at radius 1 is 1.52 bits per heavy atom. The molecule has 1 atom stereocenters. The van der Waals surface area contributed by atoms with Crippen molar-refractivity contribution in [3.8, 4) is 0 Å². The van der Waals surface area contributed by atoms with Gasteiger partial charge in [0.2, 0.25) is 5.91 Å². The summed E-state index contributed by atoms with van der Waals surface area (Å²) in [5, 5.41) is 3.94. The van der Waals surface area contributed by atoms with E-state index in [1.54, 1.807) is 0 Å². The van der Waals surface area contributed by atoms with Crippen molar-refractivity contribution in [3.63, 3.8) is 0 Å². The first kappa shape index (κ1) is 16.0. The summed E-state index contributed by atoms with van der Waals surface area (Å²) in [6.07, 6.45) is 4.40. The number of aromatic nitrogens is 1. The van der Waals surface area contributed by atoms with Crippen LogP contribution in [-0.4, -0.2) is 29.1 Å². The number of hydrogen-bond acceptors (Lipinski definition) is 4. The van der Waals surface area contributed by atoms with Crippen LogP contribution in [0.2, 0.25) is 0 Å². The first-order valence-electron chi connectivity index (χ1n) is 7.86. The minimum atomic E-state index is 0.0660. The van der Waals surface area contributed by atoms with E-state index in [4.69, 9.17) is 10.3 Å². The Bertz CT molecular complexity index is 482. The lowest BCUT2D eigenvalue weighted by atomic mass is 9.84. The molecule has 1 saturated heterocycles. The number of nitrogens with zero attached hydrogens (tertiary/aromatic N) is 2. The van der Waals surface area contributed by atoms with Crippen molar-refractivity contribution in [2.45, 2.75) is 58.9 Å². The van der Waals surface area contributed by atoms with Crippen molar-refractivity contribution in [2.24, 2.45) is 11.1 Å². The van der Waals surface area contributed by atoms with Gasteiger partial charge in [-0.25, -0.2) is 0 Å². The predicted octanol–water partition coefficient (Wildman–Crippen LogP) is 2.80. The number of carbonyl (C=O) groups is 1. The molecule has 2 heterocycles. The van der Waals surface area contributed by atoms with Crippen molar-refractivity contribution < 1.29 is 9.32 Å². The van der Waals surface area contributed by atoms with E-state index in [9.17, 15) is 4.79 Å². The predicted molar refractivity (Wildman–Crippen MR) is 81.6 cm³/mol. The van der Waals surface area contributed by atoms with Gasteiger partial charge in [-0.2, -0.15) is 0 Å². The van der Waals surface area contributed by atoms with Gasteiger partial charge in [0.15, 0.2) is 5.76 Å². The van der Waals surface area contributed by atoms with Crippen molar-refractivity contribution in [2.75, 3.05) is 13.1 Å². The van der Waals surface area contributed by atoms with E-state index in [-0.39, 0.29) is 17.4 Å². The Morgan fingerprint density at radius 3 is 2.90 bits per heavy atom. The van der Waals surface area contributed by atoms with E-state index in [2.05, 4.69) is 19.0 Å². The lowest BCUT2D eigenvalue weighted by Crippen LogP contribution is -2.31. The summed E-state index contributed by atoms with van der Waals surface area (Å²) < 4.78 is 5.35. The van der Waals surface area contributed by atoms with Gasteiger partial charge in [0.05, 0.1) is 11.7 Å². The van der Waals surface area contributed by atoms with Crippen LogP contribution in [0, 0.1) is 12.3 Å². The van der Waals surface area contributed by atoms with Crippen molar-refractivity contribution >= 4 is 5.91 Å². The Balaban J connectivity index is 1.95. The fraction of sp³-hybridized carbons (Fsp3) is 0.750. The van der Waals surface area contributed by atoms with Crippen LogP contribution in [0.3, 0.4) is 0 Å². The van der Waals surface area contributed by atoms with Gasteiger partial charge in [0.25, 0.3) is 0 Å². The molecule has 5 nitrogen and oxygen atoms in total. The highest BCUT2D eigenvalue weighted by molar-refractivity contribution is 5.77. The Kier molecular flexibility index (Phi) is 5.04. The number of amides is 1. The molecule has 1 fully saturated rings. The van der Waals surface area contributed by atoms with Gasteiger partial charge in [-0.05, 0) is 44.6 Å². The Labute approximate surface area is 126 Å². The van der Waals surface area contributed by atoms with Gasteiger partial charge in [0, 0.05) is 19.0 Å². The van der Waals surface area contributed by atoms with Gasteiger partial charge in [0.1, 0.15) is 0 Å². The van der Waals surface area contributed by atoms with E-state index in [1.165, 1.54) is 0 Å². The normalized spacial score (nSPS) is 19.2. The number of rotatable bonds is 6. The Hall–Kier alpha value is -1.36. The first-order valence-corrected chi connectivity index (χ1v) is 7.86. The molecule has 2 N–H and O–H groups in total. The summed E-state index contributed by atoms with van der Waals surface area (Å²) in [6, 6.07) is 2.01. The smallest absolute Gasteiger partial charge is 0.223 e. The summed E-state index contributed by atoms with van der Waals surface area (Å²) >= 11 is 0. The summed E-state index contributed by atoms with van der Waals surface area (Å²) in [5.74, 6) is 1.04. The molecule has 5 heteroatoms. The highest BCUT2D eigenvalue weighted by atomic mass is 16.5. The number of hydrogen-bond donors (Lipinski definition) is 1. The molecule has 118 valence electrons. The molecule has 21 heavy (non-hydrogen) atoms. The lowest BCUT2D eigenvalue weighted by Gasteiger charge is -2.27. The third kappa shape index (κ3) is 4.06. The monoisotopic (exact) mass is 293 g/mol. The fourth-order valence-electron chi connectivity index (χ4n) is 3.01. The topological polar surface area (TPSA) is 72.4 Å². The van der Waals surface area contributed by atoms with E-state index in [0.717, 1.165) is 43.7 Å². The molecular weight excluding hydrogens is 266 g/mol. The van der Waals surface area contributed by atoms with Crippen LogP contribution in [0.5, 0.6) is 0 Å². The zero-order chi connectivity index (χ0) is 15.5. The molecule has 0 bridgehead atoms. The number of carbonyl (C=O) groups excluding carboxylic acids is 1. The third-order valence-corrected chi connectivity index (χ3v) is 4.38. The average Bonchev–Trinajstić information content (AvgIpc) is 3.04. The van der Waals surface area contributed by atoms with Crippen LogP contribution in [0.15, 0.2) is 10.6 Å². The average molecular weight is 293 g/mol. The maximum Gasteiger partial charge on any atom is 0.223 e. The molecule has 1 aliphatic rings. The standard InChI is InChI=1S/C16H27N3O2/c1-12-11-14(21-18-12)13-5-4-10-19(13)15(20)6-7-16(2,3)8-9-17/h11,13H,4-10,17H2,1-3H3. The second kappa shape index (κ2) is 6.60. The number of nitrogens with two attached hydrogens (primary N) is 1. The largest absolute Gasteiger partial charge is 0.359 e. The third-order valence-electron chi connectivity index (χ3n) is 4.38. The van der Waals surface area contributed by atoms with Crippen molar-refractivity contribution in [3.05, 3.63) is 17.5 Å². The van der Waals surface area contributed by atoms with Gasteiger partial charge >= 0.3 is 0 Å². The van der Waals surface area contributed by atoms with Gasteiger partial charge in [-0.15, -0.1) is 0 Å². The maximum absolute atomic E-state index is 12.5. The van der Waals surface area contributed by atoms with Crippen LogP contribution in [0.25, 0.3) is 0 Å². The van der Waals surface area contributed by atoms with E-state index in [0.29, 0.717) is 13.0 Å². The first-order chi connectivity index (χ1) is 9.93. The van der Waals surface area contributed by atoms with E-state index >= 15 is 0 Å². The van der Waals surface area contributed by atoms with Crippen molar-refractivity contribution in [1.82, 2.24) is 10.1 Å². The molecule has 0 saturated carbocycles. The van der Waals surface area contributed by atoms with Gasteiger partial charge in [-0.1, -0.05) is 19.0 Å². The highest BCUT2D eigenvalue weighted by Crippen LogP contribution is 2.34. The minimum Gasteiger partial charge on any atom is -0.359 e.